The van der Waals surface area contributed by atoms with Crippen LogP contribution < -0.4 is 5.32 Å². The van der Waals surface area contributed by atoms with Crippen LogP contribution in [0.2, 0.25) is 0 Å². The minimum atomic E-state index is -0.0938. The number of hydrogen-bond acceptors (Lipinski definition) is 2. The first-order chi connectivity index (χ1) is 17.3. The fraction of sp³-hybridized carbons (Fsp3) is 0.312. The molecule has 0 radical (unpaired) electrons. The van der Waals surface area contributed by atoms with Gasteiger partial charge >= 0.3 is 0 Å². The van der Waals surface area contributed by atoms with Gasteiger partial charge in [-0.05, 0) is 29.9 Å². The molecule has 1 unspecified atom stereocenters. The van der Waals surface area contributed by atoms with Gasteiger partial charge in [-0.2, -0.15) is 0 Å². The van der Waals surface area contributed by atoms with Crippen LogP contribution in [0.3, 0.4) is 0 Å². The van der Waals surface area contributed by atoms with Crippen LogP contribution in [0.4, 0.5) is 0 Å². The monoisotopic (exact) mass is 479 g/mol. The van der Waals surface area contributed by atoms with Gasteiger partial charge in [0.15, 0.2) is 0 Å². The Labute approximate surface area is 215 Å². The number of nitrogens with one attached hydrogen (secondary N) is 1. The SMILES string of the molecule is CCCC(NC(=O)c1c(-c2ccc(C(C)(C)C)cc2)nc(-c2ccccc2)n1CC)c1ccccc1. The van der Waals surface area contributed by atoms with E-state index in [1.54, 1.807) is 0 Å². The Bertz CT molecular complexity index is 1280. The largest absolute Gasteiger partial charge is 0.344 e. The highest BCUT2D eigenvalue weighted by atomic mass is 16.2. The first-order valence-corrected chi connectivity index (χ1v) is 13.0. The maximum atomic E-state index is 14.0. The Hall–Kier alpha value is -3.66. The van der Waals surface area contributed by atoms with Crippen LogP contribution in [-0.4, -0.2) is 15.5 Å². The maximum absolute atomic E-state index is 14.0. The zero-order valence-electron chi connectivity index (χ0n) is 22.1. The molecule has 0 aliphatic carbocycles. The Kier molecular flexibility index (Phi) is 7.73. The van der Waals surface area contributed by atoms with Gasteiger partial charge in [-0.15, -0.1) is 0 Å². The van der Waals surface area contributed by atoms with Crippen LogP contribution in [0.5, 0.6) is 0 Å². The number of benzene rings is 3. The fourth-order valence-electron chi connectivity index (χ4n) is 4.65. The lowest BCUT2D eigenvalue weighted by Crippen LogP contribution is -2.30. The second-order valence-electron chi connectivity index (χ2n) is 10.3. The molecule has 4 aromatic rings. The van der Waals surface area contributed by atoms with Gasteiger partial charge in [0, 0.05) is 17.7 Å². The molecule has 0 aliphatic rings. The molecule has 4 nitrogen and oxygen atoms in total. The summed E-state index contributed by atoms with van der Waals surface area (Å²) in [6.45, 7) is 11.5. The number of nitrogens with zero attached hydrogens (tertiary/aromatic N) is 2. The summed E-state index contributed by atoms with van der Waals surface area (Å²) in [5.74, 6) is 0.716. The van der Waals surface area contributed by atoms with Crippen molar-refractivity contribution in [1.29, 1.82) is 0 Å². The van der Waals surface area contributed by atoms with Crippen molar-refractivity contribution in [2.45, 2.75) is 65.5 Å². The Morgan fingerprint density at radius 3 is 2.03 bits per heavy atom. The minimum Gasteiger partial charge on any atom is -0.344 e. The molecule has 1 amide bonds. The molecule has 3 aromatic carbocycles. The van der Waals surface area contributed by atoms with Crippen molar-refractivity contribution in [3.8, 4) is 22.6 Å². The molecule has 186 valence electrons. The highest BCUT2D eigenvalue weighted by Gasteiger charge is 2.26. The van der Waals surface area contributed by atoms with E-state index in [2.05, 4.69) is 76.3 Å². The lowest BCUT2D eigenvalue weighted by atomic mass is 9.86. The lowest BCUT2D eigenvalue weighted by Gasteiger charge is -2.20. The van der Waals surface area contributed by atoms with Gasteiger partial charge in [-0.25, -0.2) is 4.98 Å². The van der Waals surface area contributed by atoms with E-state index < -0.39 is 0 Å². The predicted octanol–water partition coefficient (Wildman–Crippen LogP) is 7.81. The van der Waals surface area contributed by atoms with E-state index in [4.69, 9.17) is 4.98 Å². The van der Waals surface area contributed by atoms with Crippen molar-refractivity contribution in [2.75, 3.05) is 0 Å². The third kappa shape index (κ3) is 5.43. The van der Waals surface area contributed by atoms with Gasteiger partial charge in [-0.1, -0.05) is 119 Å². The summed E-state index contributed by atoms with van der Waals surface area (Å²) in [5.41, 5.74) is 5.70. The molecule has 0 spiro atoms. The molecule has 1 aromatic heterocycles. The fourth-order valence-corrected chi connectivity index (χ4v) is 4.65. The molecule has 0 aliphatic heterocycles. The van der Waals surface area contributed by atoms with Crippen LogP contribution in [0, 0.1) is 0 Å². The number of carbonyl (C=O) groups excluding carboxylic acids is 1. The quantitative estimate of drug-likeness (QED) is 0.280. The van der Waals surface area contributed by atoms with Crippen molar-refractivity contribution < 1.29 is 4.79 Å². The van der Waals surface area contributed by atoms with E-state index in [0.717, 1.165) is 41.1 Å². The van der Waals surface area contributed by atoms with Crippen LogP contribution >= 0.6 is 0 Å². The van der Waals surface area contributed by atoms with Crippen LogP contribution in [-0.2, 0) is 12.0 Å². The third-order valence-corrected chi connectivity index (χ3v) is 6.64. The van der Waals surface area contributed by atoms with Crippen molar-refractivity contribution >= 4 is 5.91 Å². The second-order valence-corrected chi connectivity index (χ2v) is 10.3. The molecule has 1 atom stereocenters. The minimum absolute atomic E-state index is 0.0553. The topological polar surface area (TPSA) is 46.9 Å². The van der Waals surface area contributed by atoms with Gasteiger partial charge in [0.2, 0.25) is 0 Å². The Morgan fingerprint density at radius 1 is 0.861 bits per heavy atom. The van der Waals surface area contributed by atoms with E-state index in [0.29, 0.717) is 12.2 Å². The highest BCUT2D eigenvalue weighted by molar-refractivity contribution is 5.99. The summed E-state index contributed by atoms with van der Waals surface area (Å²) in [6.07, 6.45) is 1.85. The standard InChI is InChI=1S/C32H37N3O/c1-6-14-27(23-15-10-8-11-16-23)33-31(36)29-28(24-19-21-26(22-20-24)32(3,4)5)34-30(35(29)7-2)25-17-12-9-13-18-25/h8-13,15-22,27H,6-7,14H2,1-5H3,(H,33,36). The summed E-state index contributed by atoms with van der Waals surface area (Å²) in [7, 11) is 0. The Morgan fingerprint density at radius 2 is 1.47 bits per heavy atom. The lowest BCUT2D eigenvalue weighted by molar-refractivity contribution is 0.0926. The van der Waals surface area contributed by atoms with E-state index in [9.17, 15) is 4.79 Å². The second kappa shape index (κ2) is 10.9. The summed E-state index contributed by atoms with van der Waals surface area (Å²) in [4.78, 5) is 19.0. The maximum Gasteiger partial charge on any atom is 0.270 e. The molecule has 4 heteroatoms. The number of hydrogen-bond donors (Lipinski definition) is 1. The molecule has 0 fully saturated rings. The van der Waals surface area contributed by atoms with Crippen molar-refractivity contribution in [2.24, 2.45) is 0 Å². The van der Waals surface area contributed by atoms with Gasteiger partial charge in [-0.3, -0.25) is 4.79 Å². The van der Waals surface area contributed by atoms with E-state index in [-0.39, 0.29) is 17.4 Å². The summed E-state index contributed by atoms with van der Waals surface area (Å²) in [5, 5.41) is 3.34. The predicted molar refractivity (Wildman–Crippen MR) is 149 cm³/mol. The summed E-state index contributed by atoms with van der Waals surface area (Å²) < 4.78 is 2.05. The molecule has 1 heterocycles. The molecular weight excluding hydrogens is 442 g/mol. The third-order valence-electron chi connectivity index (χ3n) is 6.64. The average Bonchev–Trinajstić information content (AvgIpc) is 3.29. The average molecular weight is 480 g/mol. The summed E-state index contributed by atoms with van der Waals surface area (Å²) >= 11 is 0. The van der Waals surface area contributed by atoms with Crippen molar-refractivity contribution in [3.05, 3.63) is 102 Å². The van der Waals surface area contributed by atoms with E-state index in [1.165, 1.54) is 5.56 Å². The molecule has 0 saturated heterocycles. The molecule has 1 N–H and O–H groups in total. The Balaban J connectivity index is 1.82. The molecular formula is C32H37N3O. The van der Waals surface area contributed by atoms with Crippen LogP contribution in [0.15, 0.2) is 84.9 Å². The normalized spacial score (nSPS) is 12.4. The zero-order chi connectivity index (χ0) is 25.7. The van der Waals surface area contributed by atoms with Gasteiger partial charge < -0.3 is 9.88 Å². The van der Waals surface area contributed by atoms with E-state index in [1.807, 2.05) is 53.1 Å². The van der Waals surface area contributed by atoms with Crippen LogP contribution in [0.25, 0.3) is 22.6 Å². The number of amides is 1. The van der Waals surface area contributed by atoms with Crippen molar-refractivity contribution in [3.63, 3.8) is 0 Å². The number of aromatic nitrogens is 2. The van der Waals surface area contributed by atoms with Gasteiger partial charge in [0.1, 0.15) is 17.2 Å². The van der Waals surface area contributed by atoms with Crippen molar-refractivity contribution in [1.82, 2.24) is 14.9 Å². The highest BCUT2D eigenvalue weighted by Crippen LogP contribution is 2.32. The molecule has 4 rings (SSSR count). The first kappa shape index (κ1) is 25.4. The smallest absolute Gasteiger partial charge is 0.270 e. The van der Waals surface area contributed by atoms with Gasteiger partial charge in [0.05, 0.1) is 6.04 Å². The number of rotatable bonds is 8. The van der Waals surface area contributed by atoms with Crippen LogP contribution in [0.1, 0.15) is 75.1 Å². The molecule has 0 saturated carbocycles. The number of imidazole rings is 1. The summed E-state index contributed by atoms with van der Waals surface area (Å²) in [6, 6.07) is 28.8. The zero-order valence-corrected chi connectivity index (χ0v) is 22.1. The molecule has 36 heavy (non-hydrogen) atoms. The van der Waals surface area contributed by atoms with Gasteiger partial charge in [0.25, 0.3) is 5.91 Å². The number of carbonyl (C=O) groups is 1. The molecule has 0 bridgehead atoms. The first-order valence-electron chi connectivity index (χ1n) is 13.0. The van der Waals surface area contributed by atoms with E-state index >= 15 is 0 Å².